The Morgan fingerprint density at radius 3 is 2.16 bits per heavy atom. The van der Waals surface area contributed by atoms with Crippen LogP contribution >= 0.6 is 45.3 Å². The quantitative estimate of drug-likeness (QED) is 0.226. The number of aromatic amines is 1. The third-order valence-corrected chi connectivity index (χ3v) is 10.5. The van der Waals surface area contributed by atoms with Crippen molar-refractivity contribution in [3.63, 3.8) is 0 Å². The van der Waals surface area contributed by atoms with Gasteiger partial charge in [0.25, 0.3) is 0 Å². The molecule has 1 aliphatic rings. The Kier molecular flexibility index (Phi) is 5.55. The van der Waals surface area contributed by atoms with Gasteiger partial charge >= 0.3 is 5.97 Å². The lowest BCUT2D eigenvalue weighted by atomic mass is 9.99. The van der Waals surface area contributed by atoms with Crippen molar-refractivity contribution in [3.05, 3.63) is 110 Å². The Hall–Kier alpha value is -3.56. The van der Waals surface area contributed by atoms with Gasteiger partial charge in [-0.15, -0.1) is 45.3 Å². The number of hydrogen-bond acceptors (Lipinski definition) is 7. The van der Waals surface area contributed by atoms with E-state index in [0.29, 0.717) is 5.56 Å². The van der Waals surface area contributed by atoms with Gasteiger partial charge < -0.3 is 9.72 Å². The molecule has 0 saturated carbocycles. The SMILES string of the molecule is COC(=O)c1ccc(/C(=C2\C=c3sc(-c4cccs4)cc3=N2)c2cc3sc(-c4cccs4)cc3[nH]2)cc1. The van der Waals surface area contributed by atoms with Crippen molar-refractivity contribution >= 4 is 73.2 Å². The maximum absolute atomic E-state index is 12.0. The zero-order valence-electron chi connectivity index (χ0n) is 19.5. The Morgan fingerprint density at radius 1 is 0.838 bits per heavy atom. The minimum Gasteiger partial charge on any atom is -0.465 e. The first-order valence-corrected chi connectivity index (χ1v) is 14.9. The molecule has 1 aliphatic heterocycles. The van der Waals surface area contributed by atoms with Gasteiger partial charge in [-0.25, -0.2) is 9.79 Å². The van der Waals surface area contributed by atoms with E-state index >= 15 is 0 Å². The zero-order valence-corrected chi connectivity index (χ0v) is 22.7. The second-order valence-corrected chi connectivity index (χ2v) is 12.5. The number of H-pyrrole nitrogens is 1. The minimum atomic E-state index is -0.345. The highest BCUT2D eigenvalue weighted by Crippen LogP contribution is 2.39. The number of methoxy groups -OCH3 is 1. The summed E-state index contributed by atoms with van der Waals surface area (Å²) in [5.41, 5.74) is 5.56. The number of carbonyl (C=O) groups is 1. The van der Waals surface area contributed by atoms with Gasteiger partial charge in [0, 0.05) is 25.1 Å². The number of allylic oxidation sites excluding steroid dienone is 1. The van der Waals surface area contributed by atoms with Gasteiger partial charge in [-0.3, -0.25) is 0 Å². The molecule has 0 bridgehead atoms. The number of hydrogen-bond donors (Lipinski definition) is 1. The van der Waals surface area contributed by atoms with Crippen LogP contribution in [0.1, 0.15) is 21.6 Å². The molecule has 0 spiro atoms. The Morgan fingerprint density at radius 2 is 1.54 bits per heavy atom. The summed E-state index contributed by atoms with van der Waals surface area (Å²) in [5, 5.41) is 5.21. The van der Waals surface area contributed by atoms with E-state index < -0.39 is 0 Å². The fourth-order valence-electron chi connectivity index (χ4n) is 4.47. The van der Waals surface area contributed by atoms with E-state index in [9.17, 15) is 4.79 Å². The molecule has 5 aromatic heterocycles. The fourth-order valence-corrected chi connectivity index (χ4v) is 8.22. The first-order chi connectivity index (χ1) is 18.2. The molecule has 0 atom stereocenters. The molecular weight excluding hydrogens is 537 g/mol. The molecule has 0 amide bonds. The summed E-state index contributed by atoms with van der Waals surface area (Å²) in [6.45, 7) is 0. The average Bonchev–Trinajstić information content (AvgIpc) is 3.72. The Bertz CT molecular complexity index is 1850. The van der Waals surface area contributed by atoms with Crippen molar-refractivity contribution in [1.82, 2.24) is 4.98 Å². The van der Waals surface area contributed by atoms with E-state index in [0.717, 1.165) is 37.9 Å². The summed E-state index contributed by atoms with van der Waals surface area (Å²) in [6.07, 6.45) is 2.17. The van der Waals surface area contributed by atoms with Gasteiger partial charge in [0.05, 0.1) is 44.2 Å². The predicted octanol–water partition coefficient (Wildman–Crippen LogP) is 7.41. The van der Waals surface area contributed by atoms with Crippen LogP contribution in [0, 0.1) is 0 Å². The molecule has 0 fully saturated rings. The smallest absolute Gasteiger partial charge is 0.337 e. The standard InChI is InChI=1S/C29H18N2O2S4/c1-33-29(32)17-8-6-16(7-9-17)28(20-14-24-18(30-20)12-26(36-24)22-4-2-10-34-22)21-15-25-19(31-21)13-27(37-25)23-5-3-11-35-23/h2-15,30H,1H3/b28-21-. The van der Waals surface area contributed by atoms with Crippen LogP contribution in [-0.2, 0) is 4.74 Å². The number of esters is 1. The summed E-state index contributed by atoms with van der Waals surface area (Å²) in [4.78, 5) is 25.8. The van der Waals surface area contributed by atoms with Crippen LogP contribution in [0.15, 0.2) is 88.2 Å². The Labute approximate surface area is 228 Å². The topological polar surface area (TPSA) is 54.4 Å². The third-order valence-electron chi connectivity index (χ3n) is 6.20. The van der Waals surface area contributed by atoms with E-state index in [4.69, 9.17) is 9.73 Å². The second-order valence-electron chi connectivity index (χ2n) is 8.47. The molecule has 0 aliphatic carbocycles. The number of rotatable bonds is 5. The van der Waals surface area contributed by atoms with Gasteiger partial charge in [0.15, 0.2) is 0 Å². The maximum Gasteiger partial charge on any atom is 0.337 e. The first-order valence-electron chi connectivity index (χ1n) is 11.5. The summed E-state index contributed by atoms with van der Waals surface area (Å²) >= 11 is 7.05. The second kappa shape index (κ2) is 9.08. The lowest BCUT2D eigenvalue weighted by molar-refractivity contribution is 0.0600. The summed E-state index contributed by atoms with van der Waals surface area (Å²) in [7, 11) is 1.40. The molecule has 8 heteroatoms. The number of fused-ring (bicyclic) bond motifs is 2. The zero-order chi connectivity index (χ0) is 24.9. The van der Waals surface area contributed by atoms with Crippen LogP contribution in [0.4, 0.5) is 0 Å². The van der Waals surface area contributed by atoms with Crippen molar-refractivity contribution in [1.29, 1.82) is 0 Å². The highest BCUT2D eigenvalue weighted by molar-refractivity contribution is 7.25. The summed E-state index contributed by atoms with van der Waals surface area (Å²) in [5.74, 6) is -0.345. The highest BCUT2D eigenvalue weighted by Gasteiger charge is 2.19. The minimum absolute atomic E-state index is 0.345. The van der Waals surface area contributed by atoms with Crippen LogP contribution < -0.4 is 9.89 Å². The van der Waals surface area contributed by atoms with Gasteiger partial charge in [-0.05, 0) is 64.9 Å². The van der Waals surface area contributed by atoms with Crippen molar-refractivity contribution in [2.45, 2.75) is 0 Å². The molecule has 6 heterocycles. The highest BCUT2D eigenvalue weighted by atomic mass is 32.1. The molecule has 180 valence electrons. The van der Waals surface area contributed by atoms with Gasteiger partial charge in [-0.2, -0.15) is 0 Å². The number of ether oxygens (including phenoxy) is 1. The van der Waals surface area contributed by atoms with Gasteiger partial charge in [-0.1, -0.05) is 24.3 Å². The van der Waals surface area contributed by atoms with E-state index in [2.05, 4.69) is 64.3 Å². The molecule has 4 nitrogen and oxygen atoms in total. The molecule has 37 heavy (non-hydrogen) atoms. The van der Waals surface area contributed by atoms with Gasteiger partial charge in [0.1, 0.15) is 0 Å². The predicted molar refractivity (Wildman–Crippen MR) is 156 cm³/mol. The van der Waals surface area contributed by atoms with Crippen molar-refractivity contribution in [3.8, 4) is 19.5 Å². The normalized spacial score (nSPS) is 13.9. The van der Waals surface area contributed by atoms with Crippen molar-refractivity contribution in [2.24, 2.45) is 4.99 Å². The first kappa shape index (κ1) is 22.6. The lowest BCUT2D eigenvalue weighted by Crippen LogP contribution is -2.12. The molecular formula is C29H18N2O2S4. The van der Waals surface area contributed by atoms with Crippen molar-refractivity contribution < 1.29 is 9.53 Å². The lowest BCUT2D eigenvalue weighted by Gasteiger charge is -2.09. The number of carbonyl (C=O) groups excluding carboxylic acids is 1. The number of nitrogens with zero attached hydrogens (tertiary/aromatic N) is 1. The van der Waals surface area contributed by atoms with E-state index in [1.165, 1.54) is 31.3 Å². The Balaban J connectivity index is 1.36. The molecule has 0 saturated heterocycles. The maximum atomic E-state index is 12.0. The van der Waals surface area contributed by atoms with Crippen LogP contribution in [0.25, 0.3) is 41.4 Å². The number of benzene rings is 1. The van der Waals surface area contributed by atoms with E-state index in [-0.39, 0.29) is 5.97 Å². The summed E-state index contributed by atoms with van der Waals surface area (Å²) in [6, 6.07) is 22.6. The average molecular weight is 555 g/mol. The molecule has 0 radical (unpaired) electrons. The van der Waals surface area contributed by atoms with Gasteiger partial charge in [0.2, 0.25) is 0 Å². The fraction of sp³-hybridized carbons (Fsp3) is 0.0345. The van der Waals surface area contributed by atoms with Crippen LogP contribution in [0.2, 0.25) is 0 Å². The van der Waals surface area contributed by atoms with Crippen molar-refractivity contribution in [2.75, 3.05) is 7.11 Å². The van der Waals surface area contributed by atoms with E-state index in [1.807, 2.05) is 24.3 Å². The molecule has 6 aromatic rings. The van der Waals surface area contributed by atoms with Crippen LogP contribution in [0.5, 0.6) is 0 Å². The molecule has 1 aromatic carbocycles. The van der Waals surface area contributed by atoms with Crippen LogP contribution in [-0.4, -0.2) is 18.1 Å². The molecule has 7 rings (SSSR count). The largest absolute Gasteiger partial charge is 0.465 e. The monoisotopic (exact) mass is 554 g/mol. The van der Waals surface area contributed by atoms with Crippen LogP contribution in [0.3, 0.4) is 0 Å². The number of thiophene rings is 4. The number of nitrogens with one attached hydrogen (secondary N) is 1. The third kappa shape index (κ3) is 4.02. The number of aromatic nitrogens is 1. The summed E-state index contributed by atoms with van der Waals surface area (Å²) < 4.78 is 7.26. The molecule has 0 unspecified atom stereocenters. The molecule has 1 N–H and O–H groups in total. The van der Waals surface area contributed by atoms with E-state index in [1.54, 1.807) is 45.3 Å².